The first-order chi connectivity index (χ1) is 11.3. The number of carbonyl (C=O) groups is 1. The van der Waals surface area contributed by atoms with Crippen molar-refractivity contribution in [3.8, 4) is 10.6 Å². The summed E-state index contributed by atoms with van der Waals surface area (Å²) < 4.78 is 0. The number of rotatable bonds is 4. The lowest BCUT2D eigenvalue weighted by Crippen LogP contribution is -2.36. The highest BCUT2D eigenvalue weighted by Gasteiger charge is 2.15. The van der Waals surface area contributed by atoms with Gasteiger partial charge in [0.05, 0.1) is 12.1 Å². The summed E-state index contributed by atoms with van der Waals surface area (Å²) in [6.07, 6.45) is 12.5. The lowest BCUT2D eigenvalue weighted by atomic mass is 9.96. The quantitative estimate of drug-likeness (QED) is 0.923. The summed E-state index contributed by atoms with van der Waals surface area (Å²) in [6.45, 7) is 0. The van der Waals surface area contributed by atoms with Crippen LogP contribution in [-0.2, 0) is 11.2 Å². The predicted molar refractivity (Wildman–Crippen MR) is 93.3 cm³/mol. The fourth-order valence-electron chi connectivity index (χ4n) is 3.06. The van der Waals surface area contributed by atoms with Crippen molar-refractivity contribution in [1.82, 2.24) is 15.3 Å². The molecule has 0 atom stereocenters. The van der Waals surface area contributed by atoms with E-state index in [2.05, 4.69) is 15.3 Å². The number of amides is 1. The molecule has 1 aliphatic carbocycles. The van der Waals surface area contributed by atoms with Gasteiger partial charge in [-0.05, 0) is 25.0 Å². The van der Waals surface area contributed by atoms with Crippen LogP contribution in [0.25, 0.3) is 10.6 Å². The third kappa shape index (κ3) is 4.86. The first kappa shape index (κ1) is 16.1. The third-order valence-corrected chi connectivity index (χ3v) is 5.23. The number of carbonyl (C=O) groups excluding carboxylic acids is 1. The van der Waals surface area contributed by atoms with Gasteiger partial charge in [0.15, 0.2) is 0 Å². The maximum atomic E-state index is 12.3. The first-order valence-corrected chi connectivity index (χ1v) is 9.33. The average Bonchev–Trinajstić information content (AvgIpc) is 2.99. The van der Waals surface area contributed by atoms with Crippen molar-refractivity contribution in [1.29, 1.82) is 0 Å². The molecule has 0 saturated heterocycles. The molecule has 1 fully saturated rings. The van der Waals surface area contributed by atoms with Crippen molar-refractivity contribution in [3.63, 3.8) is 0 Å². The van der Waals surface area contributed by atoms with Crippen LogP contribution in [0, 0.1) is 0 Å². The van der Waals surface area contributed by atoms with Gasteiger partial charge in [-0.2, -0.15) is 0 Å². The monoisotopic (exact) mass is 329 g/mol. The molecule has 4 nitrogen and oxygen atoms in total. The summed E-state index contributed by atoms with van der Waals surface area (Å²) in [7, 11) is 0. The molecule has 0 aromatic carbocycles. The smallest absolute Gasteiger partial charge is 0.226 e. The molecule has 0 bridgehead atoms. The van der Waals surface area contributed by atoms with Crippen LogP contribution >= 0.6 is 11.3 Å². The molecule has 1 aliphatic rings. The average molecular weight is 329 g/mol. The van der Waals surface area contributed by atoms with Crippen LogP contribution in [0.3, 0.4) is 0 Å². The maximum absolute atomic E-state index is 12.3. The normalized spacial score (nSPS) is 16.5. The van der Waals surface area contributed by atoms with Crippen molar-refractivity contribution >= 4 is 17.2 Å². The number of thiazole rings is 1. The maximum Gasteiger partial charge on any atom is 0.226 e. The van der Waals surface area contributed by atoms with Crippen molar-refractivity contribution in [3.05, 3.63) is 35.6 Å². The van der Waals surface area contributed by atoms with Gasteiger partial charge >= 0.3 is 0 Å². The largest absolute Gasteiger partial charge is 0.353 e. The topological polar surface area (TPSA) is 54.9 Å². The van der Waals surface area contributed by atoms with Crippen LogP contribution in [0.2, 0.25) is 0 Å². The van der Waals surface area contributed by atoms with E-state index in [1.807, 2.05) is 17.5 Å². The van der Waals surface area contributed by atoms with Crippen molar-refractivity contribution in [2.75, 3.05) is 0 Å². The Bertz CT molecular complexity index is 618. The van der Waals surface area contributed by atoms with Crippen LogP contribution in [0.4, 0.5) is 0 Å². The van der Waals surface area contributed by atoms with Gasteiger partial charge in [-0.15, -0.1) is 11.3 Å². The Kier molecular flexibility index (Phi) is 5.75. The first-order valence-electron chi connectivity index (χ1n) is 8.45. The second-order valence-electron chi connectivity index (χ2n) is 6.17. The molecular weight excluding hydrogens is 306 g/mol. The zero-order valence-electron chi connectivity index (χ0n) is 13.3. The highest BCUT2D eigenvalue weighted by molar-refractivity contribution is 7.13. The summed E-state index contributed by atoms with van der Waals surface area (Å²) in [6, 6.07) is 4.23. The lowest BCUT2D eigenvalue weighted by Gasteiger charge is -2.20. The molecule has 2 aromatic heterocycles. The summed E-state index contributed by atoms with van der Waals surface area (Å²) >= 11 is 1.58. The summed E-state index contributed by atoms with van der Waals surface area (Å²) in [4.78, 5) is 20.9. The standard InChI is InChI=1S/C18H23N3OS/c22-17(20-15-6-4-2-1-3-5-7-15)12-16-13-23-18(21-16)14-8-10-19-11-9-14/h8-11,13,15H,1-7,12H2,(H,20,22). The Labute approximate surface area is 141 Å². The minimum atomic E-state index is 0.0992. The molecule has 2 heterocycles. The van der Waals surface area contributed by atoms with Crippen molar-refractivity contribution in [2.24, 2.45) is 0 Å². The molecule has 1 saturated carbocycles. The lowest BCUT2D eigenvalue weighted by molar-refractivity contribution is -0.121. The van der Waals surface area contributed by atoms with Gasteiger partial charge in [0.2, 0.25) is 5.91 Å². The van der Waals surface area contributed by atoms with Crippen LogP contribution < -0.4 is 5.32 Å². The third-order valence-electron chi connectivity index (χ3n) is 4.29. The molecule has 3 rings (SSSR count). The van der Waals surface area contributed by atoms with E-state index in [1.54, 1.807) is 23.7 Å². The number of aromatic nitrogens is 2. The zero-order chi connectivity index (χ0) is 15.9. The Morgan fingerprint density at radius 1 is 1.13 bits per heavy atom. The van der Waals surface area contributed by atoms with Gasteiger partial charge in [0.25, 0.3) is 0 Å². The van der Waals surface area contributed by atoms with Crippen LogP contribution in [0.15, 0.2) is 29.9 Å². The van der Waals surface area contributed by atoms with Gasteiger partial charge in [0, 0.05) is 29.4 Å². The van der Waals surface area contributed by atoms with Crippen LogP contribution in [0.5, 0.6) is 0 Å². The van der Waals surface area contributed by atoms with Crippen molar-refractivity contribution < 1.29 is 4.79 Å². The summed E-state index contributed by atoms with van der Waals surface area (Å²) in [5.41, 5.74) is 1.90. The molecule has 0 unspecified atom stereocenters. The molecule has 0 radical (unpaired) electrons. The molecular formula is C18H23N3OS. The molecule has 2 aromatic rings. The number of pyridine rings is 1. The van der Waals surface area contributed by atoms with E-state index in [4.69, 9.17) is 0 Å². The number of hydrogen-bond donors (Lipinski definition) is 1. The van der Waals surface area contributed by atoms with Gasteiger partial charge in [-0.3, -0.25) is 9.78 Å². The fraction of sp³-hybridized carbons (Fsp3) is 0.500. The SMILES string of the molecule is O=C(Cc1csc(-c2ccncc2)n1)NC1CCCCCCC1. The molecule has 122 valence electrons. The molecule has 1 amide bonds. The molecule has 23 heavy (non-hydrogen) atoms. The highest BCUT2D eigenvalue weighted by atomic mass is 32.1. The van der Waals surface area contributed by atoms with Crippen molar-refractivity contribution in [2.45, 2.75) is 57.4 Å². The highest BCUT2D eigenvalue weighted by Crippen LogP contribution is 2.23. The zero-order valence-corrected chi connectivity index (χ0v) is 14.1. The number of nitrogens with one attached hydrogen (secondary N) is 1. The Morgan fingerprint density at radius 3 is 2.57 bits per heavy atom. The van der Waals surface area contributed by atoms with E-state index in [9.17, 15) is 4.79 Å². The molecule has 0 spiro atoms. The minimum Gasteiger partial charge on any atom is -0.353 e. The Hall–Kier alpha value is -1.75. The van der Waals surface area contributed by atoms with E-state index in [-0.39, 0.29) is 5.91 Å². The predicted octanol–water partition coefficient (Wildman–Crippen LogP) is 3.98. The van der Waals surface area contributed by atoms with E-state index >= 15 is 0 Å². The van der Waals surface area contributed by atoms with Crippen LogP contribution in [-0.4, -0.2) is 21.9 Å². The molecule has 1 N–H and O–H groups in total. The van der Waals surface area contributed by atoms with Gasteiger partial charge in [-0.1, -0.05) is 32.1 Å². The second-order valence-corrected chi connectivity index (χ2v) is 7.02. The number of hydrogen-bond acceptors (Lipinski definition) is 4. The van der Waals surface area contributed by atoms with E-state index in [0.29, 0.717) is 12.5 Å². The van der Waals surface area contributed by atoms with E-state index in [0.717, 1.165) is 29.1 Å². The van der Waals surface area contributed by atoms with E-state index in [1.165, 1.54) is 32.1 Å². The van der Waals surface area contributed by atoms with Gasteiger partial charge < -0.3 is 5.32 Å². The van der Waals surface area contributed by atoms with E-state index < -0.39 is 0 Å². The molecule has 5 heteroatoms. The second kappa shape index (κ2) is 8.20. The minimum absolute atomic E-state index is 0.0992. The Morgan fingerprint density at radius 2 is 1.83 bits per heavy atom. The fourth-order valence-corrected chi connectivity index (χ4v) is 3.88. The van der Waals surface area contributed by atoms with Crippen LogP contribution in [0.1, 0.15) is 50.6 Å². The molecule has 0 aliphatic heterocycles. The summed E-state index contributed by atoms with van der Waals surface area (Å²) in [5, 5.41) is 6.12. The van der Waals surface area contributed by atoms with Gasteiger partial charge in [0.1, 0.15) is 5.01 Å². The van der Waals surface area contributed by atoms with Gasteiger partial charge in [-0.25, -0.2) is 4.98 Å². The number of nitrogens with zero attached hydrogens (tertiary/aromatic N) is 2. The summed E-state index contributed by atoms with van der Waals surface area (Å²) in [5.74, 6) is 0.0992. The Balaban J connectivity index is 1.54.